The summed E-state index contributed by atoms with van der Waals surface area (Å²) in [6.45, 7) is 27.4. The minimum atomic E-state index is -0.219. The molecule has 0 spiro atoms. The Hall–Kier alpha value is -5.83. The summed E-state index contributed by atoms with van der Waals surface area (Å²) in [6.07, 6.45) is 0. The first-order valence-corrected chi connectivity index (χ1v) is 22.8. The predicted octanol–water partition coefficient (Wildman–Crippen LogP) is 18.4. The topological polar surface area (TPSA) is 6.48 Å². The average Bonchev–Trinajstić information content (AvgIpc) is 3.24. The number of anilines is 6. The van der Waals surface area contributed by atoms with Crippen LogP contribution in [0.5, 0.6) is 0 Å². The summed E-state index contributed by atoms with van der Waals surface area (Å²) < 4.78 is 0. The number of hydrogen-bond acceptors (Lipinski definition) is 2. The second-order valence-corrected chi connectivity index (χ2v) is 21.7. The quantitative estimate of drug-likeness (QED) is 0.147. The summed E-state index contributed by atoms with van der Waals surface area (Å²) in [5.41, 5.74) is 13.2. The lowest BCUT2D eigenvalue weighted by atomic mass is 9.85. The third kappa shape index (κ3) is 8.63. The van der Waals surface area contributed by atoms with Crippen LogP contribution in [0.25, 0.3) is 32.7 Å². The highest BCUT2D eigenvalue weighted by Crippen LogP contribution is 2.53. The smallest absolute Gasteiger partial charge is 0.0887 e. The SMILES string of the molecule is CC(C)(C)c1ccc(N(c2cccc(C(C)(C)C)c2)c2cc(C(C)(C)C)cc(N(c3cccc(C(C)(C)C)c3)c3c4ccccc4c(-c4ccccc4)c4ccccc34)c2Cl)cc1. The minimum absolute atomic E-state index is 0.0101. The maximum absolute atomic E-state index is 8.23. The molecular weight excluding hydrogens is 784 g/mol. The summed E-state index contributed by atoms with van der Waals surface area (Å²) in [5.74, 6) is 0. The van der Waals surface area contributed by atoms with Crippen molar-refractivity contribution in [3.8, 4) is 11.1 Å². The van der Waals surface area contributed by atoms with Crippen molar-refractivity contribution in [3.05, 3.63) is 191 Å². The highest BCUT2D eigenvalue weighted by atomic mass is 35.5. The molecule has 320 valence electrons. The van der Waals surface area contributed by atoms with Crippen LogP contribution in [-0.2, 0) is 21.7 Å². The zero-order valence-electron chi connectivity index (χ0n) is 39.4. The van der Waals surface area contributed by atoms with Crippen LogP contribution < -0.4 is 9.80 Å². The highest BCUT2D eigenvalue weighted by Gasteiger charge is 2.30. The second kappa shape index (κ2) is 16.4. The van der Waals surface area contributed by atoms with Crippen molar-refractivity contribution in [3.63, 3.8) is 0 Å². The lowest BCUT2D eigenvalue weighted by molar-refractivity contribution is 0.589. The first-order valence-electron chi connectivity index (χ1n) is 22.5. The van der Waals surface area contributed by atoms with Gasteiger partial charge in [-0.05, 0) is 114 Å². The Morgan fingerprint density at radius 2 is 0.746 bits per heavy atom. The molecule has 8 aromatic rings. The van der Waals surface area contributed by atoms with Gasteiger partial charge in [0.1, 0.15) is 0 Å². The minimum Gasteiger partial charge on any atom is -0.309 e. The Balaban J connectivity index is 1.52. The van der Waals surface area contributed by atoms with Crippen LogP contribution in [0.15, 0.2) is 164 Å². The Bertz CT molecular complexity index is 2880. The Morgan fingerprint density at radius 3 is 1.21 bits per heavy atom. The maximum Gasteiger partial charge on any atom is 0.0887 e. The van der Waals surface area contributed by atoms with Gasteiger partial charge in [-0.3, -0.25) is 0 Å². The number of hydrogen-bond donors (Lipinski definition) is 0. The summed E-state index contributed by atoms with van der Waals surface area (Å²) in [5, 5.41) is 5.37. The van der Waals surface area contributed by atoms with E-state index in [1.165, 1.54) is 44.2 Å². The van der Waals surface area contributed by atoms with Gasteiger partial charge in [0.2, 0.25) is 0 Å². The van der Waals surface area contributed by atoms with E-state index in [1.54, 1.807) is 0 Å². The second-order valence-electron chi connectivity index (χ2n) is 21.3. The molecule has 0 atom stereocenters. The van der Waals surface area contributed by atoms with Crippen molar-refractivity contribution in [1.82, 2.24) is 0 Å². The van der Waals surface area contributed by atoms with Crippen molar-refractivity contribution < 1.29 is 0 Å². The van der Waals surface area contributed by atoms with Crippen LogP contribution in [-0.4, -0.2) is 0 Å². The maximum atomic E-state index is 8.23. The summed E-state index contributed by atoms with van der Waals surface area (Å²) in [4.78, 5) is 4.84. The first-order chi connectivity index (χ1) is 29.7. The number of rotatable bonds is 7. The third-order valence-electron chi connectivity index (χ3n) is 12.5. The molecule has 8 aromatic carbocycles. The summed E-state index contributed by atoms with van der Waals surface area (Å²) >= 11 is 8.23. The monoisotopic (exact) mass is 846 g/mol. The molecule has 0 aliphatic carbocycles. The zero-order chi connectivity index (χ0) is 45.1. The van der Waals surface area contributed by atoms with Crippen molar-refractivity contribution in [2.45, 2.75) is 105 Å². The van der Waals surface area contributed by atoms with Crippen molar-refractivity contribution in [2.75, 3.05) is 9.80 Å². The lowest BCUT2D eigenvalue weighted by Gasteiger charge is -2.35. The third-order valence-corrected chi connectivity index (χ3v) is 12.9. The van der Waals surface area contributed by atoms with Crippen LogP contribution in [0.2, 0.25) is 5.02 Å². The van der Waals surface area contributed by atoms with Crippen molar-refractivity contribution >= 4 is 67.3 Å². The van der Waals surface area contributed by atoms with E-state index in [4.69, 9.17) is 11.6 Å². The van der Waals surface area contributed by atoms with Gasteiger partial charge in [-0.25, -0.2) is 0 Å². The van der Waals surface area contributed by atoms with Gasteiger partial charge in [0, 0.05) is 27.8 Å². The number of fused-ring (bicyclic) bond motifs is 2. The van der Waals surface area contributed by atoms with Gasteiger partial charge in [-0.15, -0.1) is 0 Å². The molecule has 0 heterocycles. The van der Waals surface area contributed by atoms with Gasteiger partial charge < -0.3 is 9.80 Å². The van der Waals surface area contributed by atoms with Gasteiger partial charge >= 0.3 is 0 Å². The normalized spacial score (nSPS) is 12.5. The Morgan fingerprint density at radius 1 is 0.333 bits per heavy atom. The average molecular weight is 848 g/mol. The molecule has 0 bridgehead atoms. The lowest BCUT2D eigenvalue weighted by Crippen LogP contribution is -2.20. The molecule has 0 aliphatic heterocycles. The first kappa shape index (κ1) is 43.8. The van der Waals surface area contributed by atoms with Crippen LogP contribution >= 0.6 is 11.6 Å². The van der Waals surface area contributed by atoms with E-state index in [0.29, 0.717) is 5.02 Å². The fourth-order valence-electron chi connectivity index (χ4n) is 8.76. The number of benzene rings is 8. The predicted molar refractivity (Wildman–Crippen MR) is 276 cm³/mol. The largest absolute Gasteiger partial charge is 0.309 e. The van der Waals surface area contributed by atoms with E-state index in [-0.39, 0.29) is 21.7 Å². The van der Waals surface area contributed by atoms with E-state index < -0.39 is 0 Å². The summed E-state index contributed by atoms with van der Waals surface area (Å²) in [7, 11) is 0. The number of halogens is 1. The van der Waals surface area contributed by atoms with E-state index in [1.807, 2.05) is 0 Å². The molecule has 63 heavy (non-hydrogen) atoms. The fraction of sp³-hybridized carbons (Fsp3) is 0.267. The molecule has 0 aliphatic rings. The molecule has 0 saturated heterocycles. The molecule has 0 unspecified atom stereocenters. The van der Waals surface area contributed by atoms with Crippen LogP contribution in [0, 0.1) is 0 Å². The molecule has 0 radical (unpaired) electrons. The molecule has 0 N–H and O–H groups in total. The fourth-order valence-corrected chi connectivity index (χ4v) is 9.04. The summed E-state index contributed by atoms with van der Waals surface area (Å²) in [6, 6.07) is 60.4. The zero-order valence-corrected chi connectivity index (χ0v) is 40.1. The van der Waals surface area contributed by atoms with Crippen molar-refractivity contribution in [2.24, 2.45) is 0 Å². The van der Waals surface area contributed by atoms with Crippen molar-refractivity contribution in [1.29, 1.82) is 0 Å². The van der Waals surface area contributed by atoms with Gasteiger partial charge in [-0.2, -0.15) is 0 Å². The van der Waals surface area contributed by atoms with Gasteiger partial charge in [0.25, 0.3) is 0 Å². The van der Waals surface area contributed by atoms with E-state index in [9.17, 15) is 0 Å². The molecule has 0 saturated carbocycles. The molecule has 3 heteroatoms. The standard InChI is InChI=1S/C60H63ClN2/c1-57(2,3)41-32-34-45(35-33-41)62(46-26-20-24-42(36-46)58(4,5)6)52-38-44(60(10,11)12)39-53(55(52)61)63(47-27-21-25-43(37-47)59(7,8)9)56-50-30-18-16-28-48(50)54(40-22-14-13-15-23-40)49-29-17-19-31-51(49)56/h13-39H,1-12H3. The van der Waals surface area contributed by atoms with E-state index >= 15 is 0 Å². The molecule has 0 fully saturated rings. The van der Waals surface area contributed by atoms with Gasteiger partial charge in [0.05, 0.1) is 22.1 Å². The van der Waals surface area contributed by atoms with Crippen LogP contribution in [0.1, 0.15) is 105 Å². The van der Waals surface area contributed by atoms with Gasteiger partial charge in [-0.1, -0.05) is 210 Å². The molecule has 2 nitrogen and oxygen atoms in total. The van der Waals surface area contributed by atoms with E-state index in [0.717, 1.165) is 44.9 Å². The van der Waals surface area contributed by atoms with Crippen LogP contribution in [0.3, 0.4) is 0 Å². The molecule has 0 amide bonds. The Labute approximate surface area is 382 Å². The molecular formula is C60H63ClN2. The molecule has 8 rings (SSSR count). The number of nitrogens with zero attached hydrogens (tertiary/aromatic N) is 2. The van der Waals surface area contributed by atoms with E-state index in [2.05, 4.69) is 257 Å². The molecule has 0 aromatic heterocycles. The van der Waals surface area contributed by atoms with Crippen LogP contribution in [0.4, 0.5) is 34.1 Å². The van der Waals surface area contributed by atoms with Gasteiger partial charge in [0.15, 0.2) is 0 Å². The Kier molecular flexibility index (Phi) is 11.4. The highest BCUT2D eigenvalue weighted by molar-refractivity contribution is 6.37.